The summed E-state index contributed by atoms with van der Waals surface area (Å²) in [5, 5.41) is 20.0. The highest BCUT2D eigenvalue weighted by Gasteiger charge is 2.24. The van der Waals surface area contributed by atoms with Gasteiger partial charge in [0.05, 0.1) is 28.0 Å². The van der Waals surface area contributed by atoms with Crippen molar-refractivity contribution in [3.05, 3.63) is 70.9 Å². The van der Waals surface area contributed by atoms with Gasteiger partial charge >= 0.3 is 6.03 Å². The van der Waals surface area contributed by atoms with Crippen LogP contribution in [0, 0.1) is 17.2 Å². The van der Waals surface area contributed by atoms with E-state index in [0.29, 0.717) is 34.3 Å². The Labute approximate surface area is 216 Å². The van der Waals surface area contributed by atoms with Gasteiger partial charge in [-0.05, 0) is 36.2 Å². The molecule has 0 saturated heterocycles. The van der Waals surface area contributed by atoms with E-state index in [2.05, 4.69) is 16.7 Å². The van der Waals surface area contributed by atoms with E-state index in [1.54, 1.807) is 35.0 Å². The minimum absolute atomic E-state index is 0.134. The molecule has 2 aromatic carbocycles. The quantitative estimate of drug-likeness (QED) is 0.421. The number of halogens is 1. The molecule has 0 aliphatic rings. The van der Waals surface area contributed by atoms with E-state index in [0.717, 1.165) is 5.69 Å². The molecule has 1 aromatic heterocycles. The van der Waals surface area contributed by atoms with Crippen molar-refractivity contribution in [1.29, 1.82) is 5.26 Å². The third-order valence-electron chi connectivity index (χ3n) is 5.28. The predicted octanol–water partition coefficient (Wildman–Crippen LogP) is 5.82. The number of aromatic nitrogens is 2. The summed E-state index contributed by atoms with van der Waals surface area (Å²) in [6.07, 6.45) is 0. The van der Waals surface area contributed by atoms with Gasteiger partial charge in [-0.3, -0.25) is 4.79 Å². The molecule has 0 saturated carbocycles. The van der Waals surface area contributed by atoms with Crippen LogP contribution in [0.2, 0.25) is 5.02 Å². The zero-order chi connectivity index (χ0) is 26.5. The lowest BCUT2D eigenvalue weighted by molar-refractivity contribution is -0.116. The van der Waals surface area contributed by atoms with Crippen LogP contribution in [-0.4, -0.2) is 39.7 Å². The number of carbonyl (C=O) groups excluding carboxylic acids is 2. The van der Waals surface area contributed by atoms with E-state index in [4.69, 9.17) is 22.0 Å². The van der Waals surface area contributed by atoms with Gasteiger partial charge in [-0.2, -0.15) is 10.4 Å². The Bertz CT molecular complexity index is 1290. The number of rotatable bonds is 7. The Morgan fingerprint density at radius 1 is 1.11 bits per heavy atom. The molecule has 0 aliphatic carbocycles. The molecule has 0 bridgehead atoms. The first-order valence-electron chi connectivity index (χ1n) is 11.7. The molecule has 8 nitrogen and oxygen atoms in total. The van der Waals surface area contributed by atoms with Gasteiger partial charge < -0.3 is 15.5 Å². The van der Waals surface area contributed by atoms with Gasteiger partial charge in [-0.25, -0.2) is 9.48 Å². The normalized spacial score (nSPS) is 11.2. The standard InChI is InChI=1S/C27H31ClN6O2/c1-18(2)16-33(26(36)30-20-10-8-9-19(13-20)15-29)17-25(35)31-24-14-23(27(3,4)5)32-34(24)22-12-7-6-11-21(22)28/h6-14,18H,16-17H2,1-5H3,(H,30,36)(H,31,35). The molecule has 9 heteroatoms. The van der Waals surface area contributed by atoms with Crippen LogP contribution >= 0.6 is 11.6 Å². The summed E-state index contributed by atoms with van der Waals surface area (Å²) >= 11 is 6.42. The maximum atomic E-state index is 13.1. The van der Waals surface area contributed by atoms with Gasteiger partial charge in [-0.1, -0.05) is 64.4 Å². The zero-order valence-electron chi connectivity index (χ0n) is 21.2. The van der Waals surface area contributed by atoms with Crippen LogP contribution in [-0.2, 0) is 10.2 Å². The summed E-state index contributed by atoms with van der Waals surface area (Å²) < 4.78 is 1.61. The number of nitriles is 1. The van der Waals surface area contributed by atoms with Gasteiger partial charge in [0.25, 0.3) is 0 Å². The van der Waals surface area contributed by atoms with Gasteiger partial charge in [0.15, 0.2) is 0 Å². The second-order valence-electron chi connectivity index (χ2n) is 9.97. The summed E-state index contributed by atoms with van der Waals surface area (Å²) in [7, 11) is 0. The molecule has 188 valence electrons. The maximum absolute atomic E-state index is 13.1. The number of amides is 3. The molecule has 0 unspecified atom stereocenters. The molecular formula is C27H31ClN6O2. The number of anilines is 2. The van der Waals surface area contributed by atoms with Gasteiger partial charge in [0.1, 0.15) is 12.4 Å². The summed E-state index contributed by atoms with van der Waals surface area (Å²) in [5.41, 5.74) is 2.09. The average molecular weight is 507 g/mol. The van der Waals surface area contributed by atoms with E-state index >= 15 is 0 Å². The fraction of sp³-hybridized carbons (Fsp3) is 0.333. The molecule has 0 fully saturated rings. The van der Waals surface area contributed by atoms with Crippen molar-refractivity contribution in [3.8, 4) is 11.8 Å². The third kappa shape index (κ3) is 6.86. The van der Waals surface area contributed by atoms with Crippen molar-refractivity contribution in [1.82, 2.24) is 14.7 Å². The SMILES string of the molecule is CC(C)CN(CC(=O)Nc1cc(C(C)(C)C)nn1-c1ccccc1Cl)C(=O)Nc1cccc(C#N)c1. The monoisotopic (exact) mass is 506 g/mol. The Morgan fingerprint density at radius 2 is 1.83 bits per heavy atom. The van der Waals surface area contributed by atoms with Gasteiger partial charge in [0, 0.05) is 23.7 Å². The smallest absolute Gasteiger partial charge is 0.315 e. The molecule has 1 heterocycles. The van der Waals surface area contributed by atoms with Crippen LogP contribution in [0.25, 0.3) is 5.69 Å². The fourth-order valence-electron chi connectivity index (χ4n) is 3.53. The third-order valence-corrected chi connectivity index (χ3v) is 5.60. The second-order valence-corrected chi connectivity index (χ2v) is 10.4. The molecule has 3 amide bonds. The van der Waals surface area contributed by atoms with Crippen LogP contribution in [0.1, 0.15) is 45.9 Å². The number of hydrogen-bond acceptors (Lipinski definition) is 4. The first kappa shape index (κ1) is 26.8. The number of benzene rings is 2. The number of hydrogen-bond donors (Lipinski definition) is 2. The van der Waals surface area contributed by atoms with Crippen molar-refractivity contribution in [2.75, 3.05) is 23.7 Å². The van der Waals surface area contributed by atoms with Crippen molar-refractivity contribution in [2.45, 2.75) is 40.0 Å². The van der Waals surface area contributed by atoms with Crippen molar-refractivity contribution >= 4 is 35.0 Å². The minimum Gasteiger partial charge on any atom is -0.315 e. The van der Waals surface area contributed by atoms with Crippen molar-refractivity contribution < 1.29 is 9.59 Å². The first-order chi connectivity index (χ1) is 17.0. The Hall–Kier alpha value is -3.83. The van der Waals surface area contributed by atoms with Gasteiger partial charge in [-0.15, -0.1) is 0 Å². The Balaban J connectivity index is 1.83. The van der Waals surface area contributed by atoms with Crippen LogP contribution in [0.4, 0.5) is 16.3 Å². The fourth-order valence-corrected chi connectivity index (χ4v) is 3.74. The zero-order valence-corrected chi connectivity index (χ0v) is 21.9. The summed E-state index contributed by atoms with van der Waals surface area (Å²) in [5.74, 6) is 0.227. The molecular weight excluding hydrogens is 476 g/mol. The van der Waals surface area contributed by atoms with Crippen molar-refractivity contribution in [2.24, 2.45) is 5.92 Å². The number of carbonyl (C=O) groups is 2. The molecule has 2 N–H and O–H groups in total. The molecule has 0 aliphatic heterocycles. The maximum Gasteiger partial charge on any atom is 0.322 e. The lowest BCUT2D eigenvalue weighted by atomic mass is 9.92. The molecule has 0 spiro atoms. The number of para-hydroxylation sites is 1. The van der Waals surface area contributed by atoms with E-state index in [-0.39, 0.29) is 23.8 Å². The lowest BCUT2D eigenvalue weighted by Crippen LogP contribution is -2.42. The van der Waals surface area contributed by atoms with Crippen LogP contribution < -0.4 is 10.6 Å². The summed E-state index contributed by atoms with van der Waals surface area (Å²) in [4.78, 5) is 27.6. The number of urea groups is 1. The van der Waals surface area contributed by atoms with E-state index in [1.807, 2.05) is 58.9 Å². The first-order valence-corrected chi connectivity index (χ1v) is 12.1. The van der Waals surface area contributed by atoms with Crippen LogP contribution in [0.15, 0.2) is 54.6 Å². The largest absolute Gasteiger partial charge is 0.322 e. The highest BCUT2D eigenvalue weighted by Crippen LogP contribution is 2.29. The molecule has 3 rings (SSSR count). The highest BCUT2D eigenvalue weighted by molar-refractivity contribution is 6.32. The summed E-state index contributed by atoms with van der Waals surface area (Å²) in [6.45, 7) is 10.2. The topological polar surface area (TPSA) is 103 Å². The van der Waals surface area contributed by atoms with Crippen LogP contribution in [0.5, 0.6) is 0 Å². The average Bonchev–Trinajstić information content (AvgIpc) is 3.22. The van der Waals surface area contributed by atoms with Crippen LogP contribution in [0.3, 0.4) is 0 Å². The number of nitrogens with one attached hydrogen (secondary N) is 2. The van der Waals surface area contributed by atoms with Gasteiger partial charge in [0.2, 0.25) is 5.91 Å². The predicted molar refractivity (Wildman–Crippen MR) is 142 cm³/mol. The van der Waals surface area contributed by atoms with E-state index < -0.39 is 6.03 Å². The molecule has 36 heavy (non-hydrogen) atoms. The Morgan fingerprint density at radius 3 is 2.47 bits per heavy atom. The van der Waals surface area contributed by atoms with Crippen molar-refractivity contribution in [3.63, 3.8) is 0 Å². The minimum atomic E-state index is -0.427. The molecule has 0 atom stereocenters. The van der Waals surface area contributed by atoms with E-state index in [9.17, 15) is 9.59 Å². The lowest BCUT2D eigenvalue weighted by Gasteiger charge is -2.24. The Kier molecular flexibility index (Phi) is 8.38. The summed E-state index contributed by atoms with van der Waals surface area (Å²) in [6, 6.07) is 17.3. The second kappa shape index (κ2) is 11.3. The molecule has 3 aromatic rings. The highest BCUT2D eigenvalue weighted by atomic mass is 35.5. The van der Waals surface area contributed by atoms with E-state index in [1.165, 1.54) is 4.90 Å². The number of nitrogens with zero attached hydrogens (tertiary/aromatic N) is 4. The molecule has 0 radical (unpaired) electrons.